The zero-order valence-electron chi connectivity index (χ0n) is 9.49. The molecule has 7 heteroatoms. The quantitative estimate of drug-likeness (QED) is 0.850. The van der Waals surface area contributed by atoms with Crippen LogP contribution in [0.25, 0.3) is 10.2 Å². The predicted molar refractivity (Wildman–Crippen MR) is 73.3 cm³/mol. The third-order valence-corrected chi connectivity index (χ3v) is 3.25. The highest BCUT2D eigenvalue weighted by atomic mass is 35.5. The van der Waals surface area contributed by atoms with E-state index >= 15 is 0 Å². The Hall–Kier alpha value is -1.66. The van der Waals surface area contributed by atoms with E-state index in [9.17, 15) is 9.59 Å². The molecule has 5 nitrogen and oxygen atoms in total. The van der Waals surface area contributed by atoms with Gasteiger partial charge in [-0.25, -0.2) is 4.98 Å². The summed E-state index contributed by atoms with van der Waals surface area (Å²) < 4.78 is 0.881. The zero-order valence-corrected chi connectivity index (χ0v) is 11.1. The Bertz CT molecular complexity index is 611. The molecule has 1 aromatic carbocycles. The van der Waals surface area contributed by atoms with Crippen LogP contribution in [0.15, 0.2) is 18.2 Å². The molecule has 0 saturated heterocycles. The normalized spacial score (nSPS) is 10.3. The summed E-state index contributed by atoms with van der Waals surface area (Å²) in [5.74, 6) is -0.509. The van der Waals surface area contributed by atoms with Gasteiger partial charge in [0.15, 0.2) is 5.13 Å². The third-order valence-electron chi connectivity index (χ3n) is 2.08. The van der Waals surface area contributed by atoms with Crippen LogP contribution in [0.2, 0.25) is 0 Å². The second-order valence-corrected chi connectivity index (χ2v) is 4.86. The van der Waals surface area contributed by atoms with Crippen LogP contribution in [0.1, 0.15) is 6.92 Å². The lowest BCUT2D eigenvalue weighted by atomic mass is 10.3. The number of rotatable bonds is 3. The molecule has 0 bridgehead atoms. The number of anilines is 2. The molecule has 0 aliphatic heterocycles. The molecule has 2 amide bonds. The number of hydrogen-bond acceptors (Lipinski definition) is 4. The van der Waals surface area contributed by atoms with Gasteiger partial charge >= 0.3 is 0 Å². The molecule has 94 valence electrons. The molecule has 0 saturated carbocycles. The average molecular weight is 284 g/mol. The first-order valence-electron chi connectivity index (χ1n) is 5.12. The van der Waals surface area contributed by atoms with Crippen molar-refractivity contribution in [3.8, 4) is 0 Å². The number of fused-ring (bicyclic) bond motifs is 1. The summed E-state index contributed by atoms with van der Waals surface area (Å²) in [5.41, 5.74) is 1.43. The van der Waals surface area contributed by atoms with E-state index in [2.05, 4.69) is 15.6 Å². The Morgan fingerprint density at radius 1 is 1.39 bits per heavy atom. The summed E-state index contributed by atoms with van der Waals surface area (Å²) in [6, 6.07) is 5.31. The molecule has 0 radical (unpaired) electrons. The lowest BCUT2D eigenvalue weighted by Crippen LogP contribution is -2.12. The minimum Gasteiger partial charge on any atom is -0.325 e. The Kier molecular flexibility index (Phi) is 3.78. The molecule has 0 unspecified atom stereocenters. The van der Waals surface area contributed by atoms with E-state index < -0.39 is 0 Å². The van der Waals surface area contributed by atoms with Gasteiger partial charge in [0, 0.05) is 12.6 Å². The molecule has 2 aromatic rings. The smallest absolute Gasteiger partial charge is 0.239 e. The molecule has 0 aliphatic rings. The van der Waals surface area contributed by atoms with Gasteiger partial charge in [-0.05, 0) is 18.2 Å². The SMILES string of the molecule is CC(=O)Nc1nc2ccc(NC(=O)CCl)cc2s1. The van der Waals surface area contributed by atoms with Crippen LogP contribution in [-0.4, -0.2) is 22.7 Å². The standard InChI is InChI=1S/C11H10ClN3O2S/c1-6(16)13-11-15-8-3-2-7(4-9(8)18-11)14-10(17)5-12/h2-4H,5H2,1H3,(H,14,17)(H,13,15,16). The number of alkyl halides is 1. The van der Waals surface area contributed by atoms with Crippen LogP contribution in [0, 0.1) is 0 Å². The lowest BCUT2D eigenvalue weighted by molar-refractivity contribution is -0.114. The number of nitrogens with zero attached hydrogens (tertiary/aromatic N) is 1. The molecule has 2 rings (SSSR count). The third kappa shape index (κ3) is 2.96. The van der Waals surface area contributed by atoms with E-state index in [1.807, 2.05) is 0 Å². The van der Waals surface area contributed by atoms with Crippen LogP contribution in [-0.2, 0) is 9.59 Å². The van der Waals surface area contributed by atoms with Crippen molar-refractivity contribution in [2.75, 3.05) is 16.5 Å². The van der Waals surface area contributed by atoms with Gasteiger partial charge < -0.3 is 10.6 Å². The van der Waals surface area contributed by atoms with Crippen molar-refractivity contribution in [3.63, 3.8) is 0 Å². The number of carbonyl (C=O) groups is 2. The van der Waals surface area contributed by atoms with E-state index in [0.29, 0.717) is 10.8 Å². The summed E-state index contributed by atoms with van der Waals surface area (Å²) in [7, 11) is 0. The van der Waals surface area contributed by atoms with Crippen LogP contribution < -0.4 is 10.6 Å². The molecule has 18 heavy (non-hydrogen) atoms. The van der Waals surface area contributed by atoms with Gasteiger partial charge in [0.25, 0.3) is 0 Å². The van der Waals surface area contributed by atoms with Crippen LogP contribution in [0.5, 0.6) is 0 Å². The monoisotopic (exact) mass is 283 g/mol. The molecule has 1 heterocycles. The van der Waals surface area contributed by atoms with Crippen LogP contribution in [0.3, 0.4) is 0 Å². The highest BCUT2D eigenvalue weighted by Crippen LogP contribution is 2.28. The van der Waals surface area contributed by atoms with E-state index in [4.69, 9.17) is 11.6 Å². The maximum Gasteiger partial charge on any atom is 0.239 e. The van der Waals surface area contributed by atoms with Gasteiger partial charge in [0.2, 0.25) is 11.8 Å². The van der Waals surface area contributed by atoms with Crippen molar-refractivity contribution in [3.05, 3.63) is 18.2 Å². The summed E-state index contributed by atoms with van der Waals surface area (Å²) in [6.45, 7) is 1.43. The molecular formula is C11H10ClN3O2S. The molecule has 2 N–H and O–H groups in total. The second-order valence-electron chi connectivity index (χ2n) is 3.56. The van der Waals surface area contributed by atoms with Gasteiger partial charge in [-0.15, -0.1) is 11.6 Å². The zero-order chi connectivity index (χ0) is 13.1. The highest BCUT2D eigenvalue weighted by molar-refractivity contribution is 7.22. The number of nitrogens with one attached hydrogen (secondary N) is 2. The van der Waals surface area contributed by atoms with E-state index in [1.165, 1.54) is 18.3 Å². The number of thiazole rings is 1. The molecule has 0 spiro atoms. The van der Waals surface area contributed by atoms with Gasteiger partial charge in [-0.3, -0.25) is 9.59 Å². The number of aromatic nitrogens is 1. The van der Waals surface area contributed by atoms with Crippen molar-refractivity contribution in [2.24, 2.45) is 0 Å². The van der Waals surface area contributed by atoms with E-state index in [0.717, 1.165) is 10.2 Å². The Morgan fingerprint density at radius 3 is 2.83 bits per heavy atom. The molecule has 0 atom stereocenters. The largest absolute Gasteiger partial charge is 0.325 e. The maximum absolute atomic E-state index is 11.2. The fourth-order valence-corrected chi connectivity index (χ4v) is 2.42. The average Bonchev–Trinajstić information content (AvgIpc) is 2.69. The predicted octanol–water partition coefficient (Wildman–Crippen LogP) is 2.43. The lowest BCUT2D eigenvalue weighted by Gasteiger charge is -2.01. The second kappa shape index (κ2) is 5.32. The first-order valence-corrected chi connectivity index (χ1v) is 6.47. The Labute approximate surface area is 112 Å². The van der Waals surface area contributed by atoms with Crippen molar-refractivity contribution >= 4 is 55.8 Å². The first-order chi connectivity index (χ1) is 8.58. The highest BCUT2D eigenvalue weighted by Gasteiger charge is 2.07. The van der Waals surface area contributed by atoms with Gasteiger partial charge in [-0.1, -0.05) is 11.3 Å². The van der Waals surface area contributed by atoms with Gasteiger partial charge in [-0.2, -0.15) is 0 Å². The van der Waals surface area contributed by atoms with Crippen molar-refractivity contribution in [2.45, 2.75) is 6.92 Å². The maximum atomic E-state index is 11.2. The van der Waals surface area contributed by atoms with Crippen molar-refractivity contribution < 1.29 is 9.59 Å². The number of amides is 2. The molecular weight excluding hydrogens is 274 g/mol. The number of halogens is 1. The number of carbonyl (C=O) groups excluding carboxylic acids is 2. The molecule has 0 aliphatic carbocycles. The van der Waals surface area contributed by atoms with E-state index in [-0.39, 0.29) is 17.7 Å². The van der Waals surface area contributed by atoms with Crippen molar-refractivity contribution in [1.29, 1.82) is 0 Å². The summed E-state index contributed by atoms with van der Waals surface area (Å²) >= 11 is 6.76. The van der Waals surface area contributed by atoms with Gasteiger partial charge in [0.05, 0.1) is 10.2 Å². The fraction of sp³-hybridized carbons (Fsp3) is 0.182. The Morgan fingerprint density at radius 2 is 2.17 bits per heavy atom. The van der Waals surface area contributed by atoms with Crippen molar-refractivity contribution in [1.82, 2.24) is 4.98 Å². The fourth-order valence-electron chi connectivity index (χ4n) is 1.40. The summed E-state index contributed by atoms with van der Waals surface area (Å²) in [5, 5.41) is 5.82. The van der Waals surface area contributed by atoms with Gasteiger partial charge in [0.1, 0.15) is 5.88 Å². The molecule has 1 aromatic heterocycles. The van der Waals surface area contributed by atoms with Crippen LogP contribution >= 0.6 is 22.9 Å². The first kappa shape index (κ1) is 12.8. The summed E-state index contributed by atoms with van der Waals surface area (Å²) in [4.78, 5) is 26.3. The topological polar surface area (TPSA) is 71.1 Å². The summed E-state index contributed by atoms with van der Waals surface area (Å²) in [6.07, 6.45) is 0. The number of hydrogen-bond donors (Lipinski definition) is 2. The van der Waals surface area contributed by atoms with Crippen LogP contribution in [0.4, 0.5) is 10.8 Å². The Balaban J connectivity index is 2.27. The minimum atomic E-state index is -0.261. The minimum absolute atomic E-state index is 0.0854. The van der Waals surface area contributed by atoms with E-state index in [1.54, 1.807) is 18.2 Å². The number of benzene rings is 1. The molecule has 0 fully saturated rings.